The lowest BCUT2D eigenvalue weighted by molar-refractivity contribution is -0.138. The first kappa shape index (κ1) is 17.2. The molecule has 0 radical (unpaired) electrons. The maximum atomic E-state index is 13.5. The van der Waals surface area contributed by atoms with Crippen LogP contribution in [0.3, 0.4) is 0 Å². The Bertz CT molecular complexity index is 531. The van der Waals surface area contributed by atoms with E-state index in [-0.39, 0.29) is 0 Å². The minimum atomic E-state index is -4.53. The third-order valence-corrected chi connectivity index (χ3v) is 3.44. The summed E-state index contributed by atoms with van der Waals surface area (Å²) in [5, 5.41) is 2.06. The molecule has 1 aliphatic rings. The molecule has 2 atom stereocenters. The Hall–Kier alpha value is -1.88. The third-order valence-electron chi connectivity index (χ3n) is 3.44. The van der Waals surface area contributed by atoms with Crippen LogP contribution in [0.25, 0.3) is 0 Å². The van der Waals surface area contributed by atoms with Gasteiger partial charge in [-0.3, -0.25) is 15.1 Å². The average molecular weight is 305 g/mol. The quantitative estimate of drug-likeness (QED) is 0.611. The van der Waals surface area contributed by atoms with Gasteiger partial charge in [-0.05, 0) is 19.9 Å². The maximum Gasteiger partial charge on any atom is 0.401 e. The zero-order valence-corrected chi connectivity index (χ0v) is 11.5. The third kappa shape index (κ3) is 3.24. The van der Waals surface area contributed by atoms with E-state index in [0.717, 1.165) is 12.3 Å². The number of halogens is 4. The molecule has 1 rings (SSSR count). The molecular weight excluding hydrogens is 290 g/mol. The number of allylic oxidation sites excluding steroid dienone is 1. The number of rotatable bonds is 4. The van der Waals surface area contributed by atoms with E-state index < -0.39 is 41.5 Å². The standard InChI is InChI=1S/C13H15F4N3O/c1-4-11(2,3)12(9(18)21)5-8(14)6-19-10(12)20-7-13(15,16)17/h1,5-6,10,20H,7H2,2-3H3,(H2,18,21). The predicted octanol–water partition coefficient (Wildman–Crippen LogP) is 1.53. The molecule has 0 aliphatic carbocycles. The van der Waals surface area contributed by atoms with Crippen LogP contribution in [0.5, 0.6) is 0 Å². The van der Waals surface area contributed by atoms with Crippen LogP contribution in [0.4, 0.5) is 17.6 Å². The molecule has 3 N–H and O–H groups in total. The number of alkyl halides is 3. The van der Waals surface area contributed by atoms with Gasteiger partial charge in [0.05, 0.1) is 12.8 Å². The van der Waals surface area contributed by atoms with Crippen molar-refractivity contribution in [2.45, 2.75) is 26.2 Å². The monoisotopic (exact) mass is 305 g/mol. The molecule has 1 amide bonds. The van der Waals surface area contributed by atoms with E-state index in [0.29, 0.717) is 0 Å². The minimum absolute atomic E-state index is 0.724. The summed E-state index contributed by atoms with van der Waals surface area (Å²) in [6.07, 6.45) is 0.948. The van der Waals surface area contributed by atoms with Crippen LogP contribution in [0.15, 0.2) is 16.9 Å². The number of nitrogens with two attached hydrogens (primary N) is 1. The number of primary amides is 1. The van der Waals surface area contributed by atoms with Crippen molar-refractivity contribution in [1.82, 2.24) is 5.32 Å². The van der Waals surface area contributed by atoms with Crippen LogP contribution < -0.4 is 11.1 Å². The minimum Gasteiger partial charge on any atom is -0.369 e. The summed E-state index contributed by atoms with van der Waals surface area (Å²) < 4.78 is 50.6. The zero-order chi connectivity index (χ0) is 16.5. The van der Waals surface area contributed by atoms with Crippen LogP contribution in [0, 0.1) is 23.2 Å². The number of carbonyl (C=O) groups is 1. The van der Waals surface area contributed by atoms with Crippen molar-refractivity contribution in [3.05, 3.63) is 11.9 Å². The first-order chi connectivity index (χ1) is 9.46. The van der Waals surface area contributed by atoms with E-state index in [1.54, 1.807) is 0 Å². The molecule has 0 aromatic carbocycles. The highest BCUT2D eigenvalue weighted by Gasteiger charge is 2.55. The molecule has 2 unspecified atom stereocenters. The number of hydrogen-bond acceptors (Lipinski definition) is 3. The summed E-state index contributed by atoms with van der Waals surface area (Å²) in [5.74, 6) is 0.329. The van der Waals surface area contributed by atoms with E-state index >= 15 is 0 Å². The van der Waals surface area contributed by atoms with Gasteiger partial charge in [0.15, 0.2) is 0 Å². The predicted molar refractivity (Wildman–Crippen MR) is 69.8 cm³/mol. The number of amides is 1. The smallest absolute Gasteiger partial charge is 0.369 e. The van der Waals surface area contributed by atoms with Crippen molar-refractivity contribution in [3.63, 3.8) is 0 Å². The van der Waals surface area contributed by atoms with Crippen molar-refractivity contribution in [1.29, 1.82) is 0 Å². The molecule has 0 saturated heterocycles. The highest BCUT2D eigenvalue weighted by molar-refractivity contribution is 5.90. The van der Waals surface area contributed by atoms with E-state index in [9.17, 15) is 22.4 Å². The van der Waals surface area contributed by atoms with Crippen molar-refractivity contribution < 1.29 is 22.4 Å². The number of carbonyl (C=O) groups excluding carboxylic acids is 1. The molecule has 1 heterocycles. The molecule has 4 nitrogen and oxygen atoms in total. The van der Waals surface area contributed by atoms with Gasteiger partial charge < -0.3 is 5.73 Å². The molecule has 116 valence electrons. The second-order valence-electron chi connectivity index (χ2n) is 5.21. The summed E-state index contributed by atoms with van der Waals surface area (Å²) in [7, 11) is 0. The molecule has 0 bridgehead atoms. The SMILES string of the molecule is C#CC(C)(C)C1(C(N)=O)C=C(F)C=NC1NCC(F)(F)F. The fourth-order valence-electron chi connectivity index (χ4n) is 2.18. The van der Waals surface area contributed by atoms with Crippen LogP contribution in [0.1, 0.15) is 13.8 Å². The van der Waals surface area contributed by atoms with Crippen molar-refractivity contribution in [2.24, 2.45) is 21.6 Å². The second kappa shape index (κ2) is 5.48. The molecular formula is C13H15F4N3O. The molecule has 0 aromatic heterocycles. The lowest BCUT2D eigenvalue weighted by Gasteiger charge is -2.44. The van der Waals surface area contributed by atoms with Gasteiger partial charge in [-0.25, -0.2) is 4.39 Å². The van der Waals surface area contributed by atoms with Gasteiger partial charge in [0.2, 0.25) is 5.91 Å². The van der Waals surface area contributed by atoms with Crippen LogP contribution in [0.2, 0.25) is 0 Å². The van der Waals surface area contributed by atoms with E-state index in [1.165, 1.54) is 13.8 Å². The van der Waals surface area contributed by atoms with Gasteiger partial charge in [0.1, 0.15) is 17.4 Å². The number of hydrogen-bond donors (Lipinski definition) is 2. The Balaban J connectivity index is 3.31. The maximum absolute atomic E-state index is 13.5. The summed E-state index contributed by atoms with van der Waals surface area (Å²) >= 11 is 0. The fraction of sp³-hybridized carbons (Fsp3) is 0.538. The largest absolute Gasteiger partial charge is 0.401 e. The Morgan fingerprint density at radius 1 is 1.57 bits per heavy atom. The fourth-order valence-corrected chi connectivity index (χ4v) is 2.18. The van der Waals surface area contributed by atoms with Crippen LogP contribution in [-0.4, -0.2) is 31.0 Å². The summed E-state index contributed by atoms with van der Waals surface area (Å²) in [6.45, 7) is 1.40. The first-order valence-corrected chi connectivity index (χ1v) is 5.95. The zero-order valence-electron chi connectivity index (χ0n) is 11.5. The number of nitrogens with one attached hydrogen (secondary N) is 1. The summed E-state index contributed by atoms with van der Waals surface area (Å²) in [6, 6.07) is 0. The van der Waals surface area contributed by atoms with Crippen molar-refractivity contribution in [2.75, 3.05) is 6.54 Å². The lowest BCUT2D eigenvalue weighted by Crippen LogP contribution is -2.60. The highest BCUT2D eigenvalue weighted by atomic mass is 19.4. The average Bonchev–Trinajstić information content (AvgIpc) is 2.35. The summed E-state index contributed by atoms with van der Waals surface area (Å²) in [4.78, 5) is 15.5. The van der Waals surface area contributed by atoms with Gasteiger partial charge in [0, 0.05) is 5.41 Å². The molecule has 0 saturated carbocycles. The van der Waals surface area contributed by atoms with Gasteiger partial charge in [0.25, 0.3) is 0 Å². The van der Waals surface area contributed by atoms with Gasteiger partial charge in [-0.2, -0.15) is 13.2 Å². The summed E-state index contributed by atoms with van der Waals surface area (Å²) in [5.41, 5.74) is 2.05. The van der Waals surface area contributed by atoms with Crippen LogP contribution >= 0.6 is 0 Å². The molecule has 8 heteroatoms. The molecule has 0 spiro atoms. The van der Waals surface area contributed by atoms with Gasteiger partial charge in [-0.1, -0.05) is 5.92 Å². The van der Waals surface area contributed by atoms with Gasteiger partial charge >= 0.3 is 6.18 Å². The normalized spacial score (nSPS) is 26.1. The van der Waals surface area contributed by atoms with E-state index in [4.69, 9.17) is 12.2 Å². The highest BCUT2D eigenvalue weighted by Crippen LogP contribution is 2.45. The Morgan fingerprint density at radius 2 is 2.14 bits per heavy atom. The Kier molecular flexibility index (Phi) is 4.48. The topological polar surface area (TPSA) is 67.5 Å². The number of dihydropyridines is 1. The van der Waals surface area contributed by atoms with Crippen molar-refractivity contribution in [3.8, 4) is 12.3 Å². The van der Waals surface area contributed by atoms with E-state index in [1.807, 2.05) is 0 Å². The second-order valence-corrected chi connectivity index (χ2v) is 5.21. The number of aliphatic imine (C=N–C) groups is 1. The first-order valence-electron chi connectivity index (χ1n) is 5.95. The number of nitrogens with zero attached hydrogens (tertiary/aromatic N) is 1. The van der Waals surface area contributed by atoms with Crippen LogP contribution in [-0.2, 0) is 4.79 Å². The Labute approximate surface area is 119 Å². The van der Waals surface area contributed by atoms with E-state index in [2.05, 4.69) is 16.2 Å². The molecule has 0 aromatic rings. The Morgan fingerprint density at radius 3 is 2.57 bits per heavy atom. The number of terminal acetylenes is 1. The molecule has 21 heavy (non-hydrogen) atoms. The molecule has 0 fully saturated rings. The molecule has 1 aliphatic heterocycles. The van der Waals surface area contributed by atoms with Crippen molar-refractivity contribution >= 4 is 12.1 Å². The van der Waals surface area contributed by atoms with Gasteiger partial charge in [-0.15, -0.1) is 6.42 Å². The lowest BCUT2D eigenvalue weighted by atomic mass is 9.62.